The van der Waals surface area contributed by atoms with Gasteiger partial charge in [-0.3, -0.25) is 5.10 Å². The van der Waals surface area contributed by atoms with Gasteiger partial charge < -0.3 is 4.74 Å². The van der Waals surface area contributed by atoms with Crippen LogP contribution < -0.4 is 4.74 Å². The van der Waals surface area contributed by atoms with Gasteiger partial charge in [-0.25, -0.2) is 9.97 Å². The number of ether oxygens (including phenoxy) is 1. The van der Waals surface area contributed by atoms with Crippen molar-refractivity contribution in [1.82, 2.24) is 20.2 Å². The molecule has 2 heterocycles. The first-order chi connectivity index (χ1) is 10.7. The van der Waals surface area contributed by atoms with Crippen LogP contribution in [0.5, 0.6) is 5.75 Å². The molecule has 0 saturated heterocycles. The molecule has 3 rings (SSSR count). The van der Waals surface area contributed by atoms with Gasteiger partial charge in [0.15, 0.2) is 5.82 Å². The molecule has 0 amide bonds. The maximum absolute atomic E-state index is 6.04. The van der Waals surface area contributed by atoms with Crippen molar-refractivity contribution < 1.29 is 4.74 Å². The van der Waals surface area contributed by atoms with Gasteiger partial charge in [-0.2, -0.15) is 0 Å². The molecule has 114 valence electrons. The zero-order chi connectivity index (χ0) is 15.5. The van der Waals surface area contributed by atoms with Crippen molar-refractivity contribution in [1.29, 1.82) is 0 Å². The Morgan fingerprint density at radius 3 is 2.95 bits per heavy atom. The van der Waals surface area contributed by atoms with Gasteiger partial charge >= 0.3 is 0 Å². The van der Waals surface area contributed by atoms with Gasteiger partial charge in [0.1, 0.15) is 5.75 Å². The highest BCUT2D eigenvalue weighted by Gasteiger charge is 2.12. The molecule has 0 bridgehead atoms. The SMILES string of the molecule is COc1ccc(Cl)cc1-c1nc(SCc2csc(C)n2)n[nH]1. The summed E-state index contributed by atoms with van der Waals surface area (Å²) in [4.78, 5) is 8.91. The average Bonchev–Trinajstić information content (AvgIpc) is 3.14. The van der Waals surface area contributed by atoms with Gasteiger partial charge in [-0.15, -0.1) is 16.4 Å². The van der Waals surface area contributed by atoms with Gasteiger partial charge in [-0.1, -0.05) is 23.4 Å². The van der Waals surface area contributed by atoms with Crippen molar-refractivity contribution in [2.75, 3.05) is 7.11 Å². The second-order valence-corrected chi connectivity index (χ2v) is 6.90. The van der Waals surface area contributed by atoms with Crippen LogP contribution in [0.15, 0.2) is 28.7 Å². The third kappa shape index (κ3) is 3.43. The number of aromatic amines is 1. The van der Waals surface area contributed by atoms with Gasteiger partial charge in [0.25, 0.3) is 0 Å². The molecule has 0 fully saturated rings. The predicted molar refractivity (Wildman–Crippen MR) is 89.8 cm³/mol. The summed E-state index contributed by atoms with van der Waals surface area (Å²) in [5.41, 5.74) is 1.83. The minimum absolute atomic E-state index is 0.624. The molecular formula is C14H13ClN4OS2. The summed E-state index contributed by atoms with van der Waals surface area (Å²) in [7, 11) is 1.61. The fraction of sp³-hybridized carbons (Fsp3) is 0.214. The number of aryl methyl sites for hydroxylation is 1. The molecule has 0 atom stereocenters. The minimum atomic E-state index is 0.624. The van der Waals surface area contributed by atoms with Crippen LogP contribution in [-0.2, 0) is 5.75 Å². The number of hydrogen-bond acceptors (Lipinski definition) is 6. The summed E-state index contributed by atoms with van der Waals surface area (Å²) in [5.74, 6) is 2.08. The Kier molecular flexibility index (Phi) is 4.66. The van der Waals surface area contributed by atoms with E-state index in [0.29, 0.717) is 21.8 Å². The number of hydrogen-bond donors (Lipinski definition) is 1. The molecular weight excluding hydrogens is 340 g/mol. The quantitative estimate of drug-likeness (QED) is 0.697. The van der Waals surface area contributed by atoms with Crippen LogP contribution >= 0.6 is 34.7 Å². The lowest BCUT2D eigenvalue weighted by Crippen LogP contribution is -1.89. The molecule has 2 aromatic heterocycles. The van der Waals surface area contributed by atoms with E-state index in [1.807, 2.05) is 13.0 Å². The first kappa shape index (κ1) is 15.3. The number of H-pyrrole nitrogens is 1. The third-order valence-electron chi connectivity index (χ3n) is 2.90. The Bertz CT molecular complexity index is 787. The van der Waals surface area contributed by atoms with Crippen LogP contribution in [0, 0.1) is 6.92 Å². The van der Waals surface area contributed by atoms with E-state index in [1.165, 1.54) is 11.8 Å². The fourth-order valence-corrected chi connectivity index (χ4v) is 3.49. The van der Waals surface area contributed by atoms with E-state index in [4.69, 9.17) is 16.3 Å². The molecule has 0 aliphatic heterocycles. The van der Waals surface area contributed by atoms with E-state index in [1.54, 1.807) is 30.6 Å². The Morgan fingerprint density at radius 2 is 2.23 bits per heavy atom. The number of nitrogens with zero attached hydrogens (tertiary/aromatic N) is 3. The highest BCUT2D eigenvalue weighted by atomic mass is 35.5. The molecule has 5 nitrogen and oxygen atoms in total. The number of thiazole rings is 1. The standard InChI is InChI=1S/C14H13ClN4OS2/c1-8-16-10(6-21-8)7-22-14-17-13(18-19-14)11-5-9(15)3-4-12(11)20-2/h3-6H,7H2,1-2H3,(H,17,18,19). The Hall–Kier alpha value is -1.57. The second-order valence-electron chi connectivity index (χ2n) is 4.46. The maximum Gasteiger partial charge on any atom is 0.209 e. The zero-order valence-corrected chi connectivity index (χ0v) is 14.3. The van der Waals surface area contributed by atoms with Gasteiger partial charge in [0, 0.05) is 16.2 Å². The van der Waals surface area contributed by atoms with Crippen LogP contribution in [-0.4, -0.2) is 27.3 Å². The normalized spacial score (nSPS) is 10.9. The smallest absolute Gasteiger partial charge is 0.209 e. The van der Waals surface area contributed by atoms with Crippen molar-refractivity contribution in [3.05, 3.63) is 39.3 Å². The lowest BCUT2D eigenvalue weighted by molar-refractivity contribution is 0.416. The largest absolute Gasteiger partial charge is 0.496 e. The van der Waals surface area contributed by atoms with E-state index in [9.17, 15) is 0 Å². The minimum Gasteiger partial charge on any atom is -0.496 e. The lowest BCUT2D eigenvalue weighted by atomic mass is 10.2. The van der Waals surface area contributed by atoms with Crippen LogP contribution in [0.25, 0.3) is 11.4 Å². The summed E-state index contributed by atoms with van der Waals surface area (Å²) < 4.78 is 5.33. The molecule has 0 aliphatic carbocycles. The second kappa shape index (κ2) is 6.68. The molecule has 0 spiro atoms. The monoisotopic (exact) mass is 352 g/mol. The van der Waals surface area contributed by atoms with E-state index in [2.05, 4.69) is 25.5 Å². The number of benzene rings is 1. The van der Waals surface area contributed by atoms with E-state index in [0.717, 1.165) is 22.0 Å². The van der Waals surface area contributed by atoms with Crippen LogP contribution in [0.3, 0.4) is 0 Å². The molecule has 1 aromatic carbocycles. The Balaban J connectivity index is 1.77. The van der Waals surface area contributed by atoms with Crippen molar-refractivity contribution in [2.45, 2.75) is 17.8 Å². The van der Waals surface area contributed by atoms with Crippen molar-refractivity contribution in [3.63, 3.8) is 0 Å². The number of methoxy groups -OCH3 is 1. The topological polar surface area (TPSA) is 63.7 Å². The molecule has 0 radical (unpaired) electrons. The highest BCUT2D eigenvalue weighted by molar-refractivity contribution is 7.98. The molecule has 3 aromatic rings. The van der Waals surface area contributed by atoms with Gasteiger partial charge in [-0.05, 0) is 25.1 Å². The van der Waals surface area contributed by atoms with Crippen LogP contribution in [0.4, 0.5) is 0 Å². The van der Waals surface area contributed by atoms with Crippen LogP contribution in [0.1, 0.15) is 10.7 Å². The molecule has 0 saturated carbocycles. The molecule has 22 heavy (non-hydrogen) atoms. The molecule has 8 heteroatoms. The first-order valence-corrected chi connectivity index (χ1v) is 8.70. The molecule has 1 N–H and O–H groups in total. The number of rotatable bonds is 5. The fourth-order valence-electron chi connectivity index (χ4n) is 1.91. The summed E-state index contributed by atoms with van der Waals surface area (Å²) in [6.45, 7) is 2.00. The predicted octanol–water partition coefficient (Wildman–Crippen LogP) is 4.19. The average molecular weight is 353 g/mol. The summed E-state index contributed by atoms with van der Waals surface area (Å²) in [5, 5.41) is 11.6. The van der Waals surface area contributed by atoms with Crippen molar-refractivity contribution in [2.24, 2.45) is 0 Å². The van der Waals surface area contributed by atoms with Gasteiger partial charge in [0.05, 0.1) is 23.4 Å². The summed E-state index contributed by atoms with van der Waals surface area (Å²) >= 11 is 9.22. The lowest BCUT2D eigenvalue weighted by Gasteiger charge is -2.05. The molecule has 0 unspecified atom stereocenters. The maximum atomic E-state index is 6.04. The Morgan fingerprint density at radius 1 is 1.36 bits per heavy atom. The van der Waals surface area contributed by atoms with Gasteiger partial charge in [0.2, 0.25) is 5.16 Å². The summed E-state index contributed by atoms with van der Waals surface area (Å²) in [6.07, 6.45) is 0. The van der Waals surface area contributed by atoms with E-state index in [-0.39, 0.29) is 0 Å². The van der Waals surface area contributed by atoms with Crippen LogP contribution in [0.2, 0.25) is 5.02 Å². The van der Waals surface area contributed by atoms with Crippen molar-refractivity contribution >= 4 is 34.7 Å². The number of halogens is 1. The van der Waals surface area contributed by atoms with E-state index >= 15 is 0 Å². The van der Waals surface area contributed by atoms with Crippen molar-refractivity contribution in [3.8, 4) is 17.1 Å². The third-order valence-corrected chi connectivity index (χ3v) is 4.84. The summed E-state index contributed by atoms with van der Waals surface area (Å²) in [6, 6.07) is 5.39. The van der Waals surface area contributed by atoms with E-state index < -0.39 is 0 Å². The number of nitrogens with one attached hydrogen (secondary N) is 1. The number of aromatic nitrogens is 4. The first-order valence-electron chi connectivity index (χ1n) is 6.46. The Labute approximate surface area is 141 Å². The zero-order valence-electron chi connectivity index (χ0n) is 12.0. The number of thioether (sulfide) groups is 1. The molecule has 0 aliphatic rings. The highest BCUT2D eigenvalue weighted by Crippen LogP contribution is 2.31.